The van der Waals surface area contributed by atoms with Gasteiger partial charge in [-0.3, -0.25) is 0 Å². The van der Waals surface area contributed by atoms with Gasteiger partial charge < -0.3 is 25.6 Å². The molecule has 0 spiro atoms. The van der Waals surface area contributed by atoms with E-state index in [1.807, 2.05) is 42.3 Å². The van der Waals surface area contributed by atoms with Gasteiger partial charge in [0, 0.05) is 47.5 Å². The molecule has 0 aromatic heterocycles. The van der Waals surface area contributed by atoms with Crippen LogP contribution in [0.3, 0.4) is 0 Å². The Morgan fingerprint density at radius 2 is 1.83 bits per heavy atom. The molecule has 0 fully saturated rings. The highest BCUT2D eigenvalue weighted by Gasteiger charge is 2.32. The molecule has 8 heteroatoms. The fraction of sp³-hybridized carbons (Fsp3) is 0.242. The van der Waals surface area contributed by atoms with Crippen molar-refractivity contribution in [1.82, 2.24) is 4.90 Å². The van der Waals surface area contributed by atoms with Crippen LogP contribution in [0.1, 0.15) is 54.7 Å². The number of fused-ring (bicyclic) bond motifs is 1. The lowest BCUT2D eigenvalue weighted by Gasteiger charge is -2.26. The highest BCUT2D eigenvalue weighted by Crippen LogP contribution is 2.36. The summed E-state index contributed by atoms with van der Waals surface area (Å²) in [4.78, 5) is 3.55. The van der Waals surface area contributed by atoms with Gasteiger partial charge in [-0.15, -0.1) is 0 Å². The number of benzene rings is 2. The zero-order valence-electron chi connectivity index (χ0n) is 22.8. The first-order valence-corrected chi connectivity index (χ1v) is 13.5. The molecule has 5 rings (SSSR count). The summed E-state index contributed by atoms with van der Waals surface area (Å²) in [5, 5.41) is 22.2. The van der Waals surface area contributed by atoms with Crippen LogP contribution in [-0.4, -0.2) is 15.7 Å². The number of halogens is 3. The molecule has 2 aromatic rings. The van der Waals surface area contributed by atoms with E-state index in [1.165, 1.54) is 0 Å². The molecular formula is C33H31F3N4O. The third-order valence-electron chi connectivity index (χ3n) is 7.08. The fourth-order valence-electron chi connectivity index (χ4n) is 4.83. The van der Waals surface area contributed by atoms with E-state index in [0.29, 0.717) is 35.4 Å². The molecule has 3 heterocycles. The van der Waals surface area contributed by atoms with Crippen LogP contribution in [0.25, 0.3) is 0 Å². The van der Waals surface area contributed by atoms with Gasteiger partial charge in [-0.2, -0.15) is 13.2 Å². The molecule has 0 bridgehead atoms. The minimum absolute atomic E-state index is 0.138. The maximum atomic E-state index is 13.7. The highest BCUT2D eigenvalue weighted by molar-refractivity contribution is 5.99. The lowest BCUT2D eigenvalue weighted by Crippen LogP contribution is -2.23. The third-order valence-corrected chi connectivity index (χ3v) is 7.08. The number of rotatable bonds is 4. The molecule has 3 aliphatic rings. The van der Waals surface area contributed by atoms with Crippen LogP contribution in [0.2, 0.25) is 0 Å². The number of aliphatic hydroxyl groups is 1. The minimum atomic E-state index is -4.55. The van der Waals surface area contributed by atoms with Crippen LogP contribution in [0.15, 0.2) is 96.8 Å². The van der Waals surface area contributed by atoms with Gasteiger partial charge in [-0.25, -0.2) is 0 Å². The summed E-state index contributed by atoms with van der Waals surface area (Å²) in [5.74, 6) is 6.73. The van der Waals surface area contributed by atoms with Gasteiger partial charge in [0.1, 0.15) is 0 Å². The zero-order chi connectivity index (χ0) is 29.1. The zero-order valence-corrected chi connectivity index (χ0v) is 22.8. The summed E-state index contributed by atoms with van der Waals surface area (Å²) in [5.41, 5.74) is 3.89. The smallest absolute Gasteiger partial charge is 0.369 e. The molecule has 41 heavy (non-hydrogen) atoms. The first kappa shape index (κ1) is 28.1. The Morgan fingerprint density at radius 3 is 2.59 bits per heavy atom. The maximum Gasteiger partial charge on any atom is 0.416 e. The summed E-state index contributed by atoms with van der Waals surface area (Å²) in [7, 11) is 0. The molecule has 0 radical (unpaired) electrons. The third kappa shape index (κ3) is 6.47. The van der Waals surface area contributed by atoms with E-state index in [4.69, 9.17) is 5.41 Å². The van der Waals surface area contributed by atoms with Gasteiger partial charge in [-0.1, -0.05) is 49.3 Å². The van der Waals surface area contributed by atoms with Gasteiger partial charge in [-0.05, 0) is 67.5 Å². The van der Waals surface area contributed by atoms with Crippen molar-refractivity contribution >= 4 is 17.1 Å². The quantitative estimate of drug-likeness (QED) is 0.266. The molecule has 0 amide bonds. The van der Waals surface area contributed by atoms with Gasteiger partial charge in [0.25, 0.3) is 0 Å². The van der Waals surface area contributed by atoms with E-state index >= 15 is 0 Å². The molecule has 0 aliphatic carbocycles. The average molecular weight is 557 g/mol. The lowest BCUT2D eigenvalue weighted by atomic mass is 10.0. The van der Waals surface area contributed by atoms with Crippen molar-refractivity contribution in [2.45, 2.75) is 45.5 Å². The Hall–Kier alpha value is -4.48. The van der Waals surface area contributed by atoms with Crippen LogP contribution in [0, 0.1) is 30.1 Å². The summed E-state index contributed by atoms with van der Waals surface area (Å²) < 4.78 is 41.1. The van der Waals surface area contributed by atoms with Crippen LogP contribution >= 0.6 is 0 Å². The Labute approximate surface area is 238 Å². The average Bonchev–Trinajstić information content (AvgIpc) is 3.11. The molecular weight excluding hydrogens is 525 g/mol. The number of allylic oxidation sites excluding steroid dienone is 7. The molecule has 2 atom stereocenters. The van der Waals surface area contributed by atoms with Crippen molar-refractivity contribution in [2.75, 3.05) is 10.2 Å². The number of anilines is 2. The van der Waals surface area contributed by atoms with Gasteiger partial charge in [0.15, 0.2) is 6.23 Å². The molecule has 2 unspecified atom stereocenters. The van der Waals surface area contributed by atoms with E-state index in [2.05, 4.69) is 36.2 Å². The van der Waals surface area contributed by atoms with Crippen molar-refractivity contribution in [2.24, 2.45) is 5.92 Å². The number of hydrogen-bond donors (Lipinski definition) is 3. The molecule has 210 valence electrons. The summed E-state index contributed by atoms with van der Waals surface area (Å²) >= 11 is 0. The monoisotopic (exact) mass is 556 g/mol. The van der Waals surface area contributed by atoms with E-state index in [-0.39, 0.29) is 11.6 Å². The van der Waals surface area contributed by atoms with Crippen molar-refractivity contribution in [3.63, 3.8) is 0 Å². The molecule has 3 N–H and O–H groups in total. The van der Waals surface area contributed by atoms with E-state index in [9.17, 15) is 18.3 Å². The molecule has 0 saturated carbocycles. The number of alkyl halides is 3. The van der Waals surface area contributed by atoms with Crippen LogP contribution in [0.5, 0.6) is 0 Å². The van der Waals surface area contributed by atoms with Crippen molar-refractivity contribution in [1.29, 1.82) is 5.41 Å². The number of nitrogens with one attached hydrogen (secondary N) is 2. The topological polar surface area (TPSA) is 62.6 Å². The van der Waals surface area contributed by atoms with E-state index in [0.717, 1.165) is 35.5 Å². The summed E-state index contributed by atoms with van der Waals surface area (Å²) in [6.45, 7) is 4.02. The molecule has 5 nitrogen and oxygen atoms in total. The highest BCUT2D eigenvalue weighted by atomic mass is 19.4. The van der Waals surface area contributed by atoms with Crippen LogP contribution in [-0.2, 0) is 6.18 Å². The largest absolute Gasteiger partial charge is 0.416 e. The minimum Gasteiger partial charge on any atom is -0.369 e. The predicted octanol–water partition coefficient (Wildman–Crippen LogP) is 7.75. The normalized spacial score (nSPS) is 19.1. The molecule has 0 saturated heterocycles. The standard InChI is InChI=1S/C33H31F3N4O/c1-22-8-13-31-30(37)7-6-16-40(31)28(17-22)12-11-24-18-25(10-9-23(24)2)32(41)38-27-19-26(33(34,35)36)20-29(21-27)39-14-4-3-5-15-39/h4-6,9-10,13-22,32,37-38,41H,3,7-8H2,1-2H3. The molecule has 3 aliphatic heterocycles. The first-order valence-electron chi connectivity index (χ1n) is 13.5. The maximum absolute atomic E-state index is 13.7. The van der Waals surface area contributed by atoms with Gasteiger partial charge in [0.05, 0.1) is 22.7 Å². The molecule has 2 aromatic carbocycles. The number of nitrogens with zero attached hydrogens (tertiary/aromatic N) is 2. The summed E-state index contributed by atoms with van der Waals surface area (Å²) in [6, 6.07) is 8.95. The van der Waals surface area contributed by atoms with Gasteiger partial charge >= 0.3 is 6.18 Å². The Kier molecular flexibility index (Phi) is 7.91. The van der Waals surface area contributed by atoms with Crippen molar-refractivity contribution in [3.8, 4) is 11.8 Å². The second kappa shape index (κ2) is 11.6. The SMILES string of the molecule is Cc1ccc(C(O)Nc2cc(N3C=CCC=C3)cc(C(F)(F)F)c2)cc1C#CC1=CC(C)CC=C2C(=N)CC=CN12. The second-order valence-electron chi connectivity index (χ2n) is 10.3. The van der Waals surface area contributed by atoms with E-state index in [1.54, 1.807) is 35.5 Å². The van der Waals surface area contributed by atoms with Gasteiger partial charge in [0.2, 0.25) is 0 Å². The van der Waals surface area contributed by atoms with E-state index < -0.39 is 18.0 Å². The van der Waals surface area contributed by atoms with Crippen LogP contribution < -0.4 is 10.2 Å². The fourth-order valence-corrected chi connectivity index (χ4v) is 4.83. The first-order chi connectivity index (χ1) is 19.6. The van der Waals surface area contributed by atoms with Crippen LogP contribution in [0.4, 0.5) is 24.5 Å². The second-order valence-corrected chi connectivity index (χ2v) is 10.3. The predicted molar refractivity (Wildman–Crippen MR) is 157 cm³/mol. The Morgan fingerprint density at radius 1 is 1.05 bits per heavy atom. The lowest BCUT2D eigenvalue weighted by molar-refractivity contribution is -0.137. The van der Waals surface area contributed by atoms with Crippen molar-refractivity contribution in [3.05, 3.63) is 119 Å². The Balaban J connectivity index is 1.42. The van der Waals surface area contributed by atoms with Crippen molar-refractivity contribution < 1.29 is 18.3 Å². The number of hydrogen-bond acceptors (Lipinski definition) is 5. The number of aliphatic hydroxyl groups excluding tert-OH is 1. The summed E-state index contributed by atoms with van der Waals surface area (Å²) in [6.07, 6.45) is 11.5. The number of aryl methyl sites for hydroxylation is 1. The Bertz CT molecular complexity index is 1560.